The fourth-order valence-corrected chi connectivity index (χ4v) is 4.93. The maximum absolute atomic E-state index is 14.1. The molecule has 0 saturated carbocycles. The molecule has 168 valence electrons. The third-order valence-corrected chi connectivity index (χ3v) is 6.70. The molecule has 0 radical (unpaired) electrons. The first-order valence-electron chi connectivity index (χ1n) is 11.5. The van der Waals surface area contributed by atoms with E-state index in [1.807, 2.05) is 24.4 Å². The van der Waals surface area contributed by atoms with Crippen LogP contribution in [0.2, 0.25) is 0 Å². The van der Waals surface area contributed by atoms with Gasteiger partial charge in [-0.15, -0.1) is 0 Å². The molecule has 3 aromatic rings. The van der Waals surface area contributed by atoms with E-state index in [9.17, 15) is 9.18 Å². The highest BCUT2D eigenvalue weighted by molar-refractivity contribution is 5.35. The maximum atomic E-state index is 14.1. The van der Waals surface area contributed by atoms with Gasteiger partial charge in [0.15, 0.2) is 0 Å². The van der Waals surface area contributed by atoms with Crippen molar-refractivity contribution in [3.05, 3.63) is 81.3 Å². The van der Waals surface area contributed by atoms with Gasteiger partial charge in [-0.25, -0.2) is 9.37 Å². The van der Waals surface area contributed by atoms with E-state index >= 15 is 0 Å². The lowest BCUT2D eigenvalue weighted by molar-refractivity contribution is 0.234. The van der Waals surface area contributed by atoms with Gasteiger partial charge in [0.05, 0.1) is 12.2 Å². The van der Waals surface area contributed by atoms with E-state index in [-0.39, 0.29) is 11.4 Å². The van der Waals surface area contributed by atoms with Gasteiger partial charge in [-0.05, 0) is 43.4 Å². The van der Waals surface area contributed by atoms with Crippen molar-refractivity contribution in [3.63, 3.8) is 0 Å². The summed E-state index contributed by atoms with van der Waals surface area (Å²) >= 11 is 0. The summed E-state index contributed by atoms with van der Waals surface area (Å²) < 4.78 is 16.2. The van der Waals surface area contributed by atoms with Crippen LogP contribution in [0.4, 0.5) is 10.3 Å². The molecule has 0 bridgehead atoms. The maximum Gasteiger partial charge on any atom is 0.255 e. The second kappa shape index (κ2) is 8.90. The van der Waals surface area contributed by atoms with Gasteiger partial charge in [-0.2, -0.15) is 0 Å². The summed E-state index contributed by atoms with van der Waals surface area (Å²) in [6, 6.07) is 11.0. The smallest absolute Gasteiger partial charge is 0.255 e. The number of fused-ring (bicyclic) bond motifs is 1. The van der Waals surface area contributed by atoms with Crippen LogP contribution in [0.25, 0.3) is 0 Å². The molecule has 2 aliphatic rings. The average molecular weight is 436 g/mol. The molecule has 5 rings (SSSR count). The van der Waals surface area contributed by atoms with E-state index in [1.54, 1.807) is 6.07 Å². The van der Waals surface area contributed by atoms with Crippen molar-refractivity contribution in [2.75, 3.05) is 24.5 Å². The minimum absolute atomic E-state index is 0.00537. The monoisotopic (exact) mass is 435 g/mol. The summed E-state index contributed by atoms with van der Waals surface area (Å²) in [5.74, 6) is 1.15. The molecule has 0 aliphatic carbocycles. The highest BCUT2D eigenvalue weighted by Crippen LogP contribution is 2.23. The van der Waals surface area contributed by atoms with Gasteiger partial charge < -0.3 is 9.47 Å². The fraction of sp³-hybridized carbons (Fsp3) is 0.440. The number of aromatic amines is 1. The van der Waals surface area contributed by atoms with E-state index in [1.165, 1.54) is 12.5 Å². The van der Waals surface area contributed by atoms with Crippen molar-refractivity contribution >= 4 is 5.95 Å². The zero-order valence-corrected chi connectivity index (χ0v) is 18.6. The standard InChI is InChI=1S/C25H30FN5O/c1-18-6-4-12-31(14-18)25-27-23-17-29(13-10-21(23)24(32)28-25)16-20-8-5-11-30(20)15-19-7-2-3-9-22(19)26/h2-3,5,7-9,11,18H,4,6,10,12-17H2,1H3,(H,27,28,32)/t18-/m1/s1. The summed E-state index contributed by atoms with van der Waals surface area (Å²) in [7, 11) is 0. The van der Waals surface area contributed by atoms with Crippen molar-refractivity contribution < 1.29 is 4.39 Å². The van der Waals surface area contributed by atoms with Crippen LogP contribution in [0.5, 0.6) is 0 Å². The molecule has 32 heavy (non-hydrogen) atoms. The number of H-pyrrole nitrogens is 1. The number of nitrogens with zero attached hydrogens (tertiary/aromatic N) is 4. The van der Waals surface area contributed by atoms with Gasteiger partial charge in [-0.1, -0.05) is 25.1 Å². The summed E-state index contributed by atoms with van der Waals surface area (Å²) in [6.45, 7) is 6.85. The molecule has 7 heteroatoms. The summed E-state index contributed by atoms with van der Waals surface area (Å²) in [6.07, 6.45) is 5.06. The Bertz CT molecular complexity index is 1150. The van der Waals surface area contributed by atoms with Gasteiger partial charge in [0, 0.05) is 55.7 Å². The lowest BCUT2D eigenvalue weighted by Crippen LogP contribution is -2.39. The number of piperidine rings is 1. The van der Waals surface area contributed by atoms with Crippen LogP contribution in [0.1, 0.15) is 42.3 Å². The average Bonchev–Trinajstić information content (AvgIpc) is 3.21. The zero-order valence-electron chi connectivity index (χ0n) is 18.6. The van der Waals surface area contributed by atoms with Crippen molar-refractivity contribution in [2.24, 2.45) is 5.92 Å². The lowest BCUT2D eigenvalue weighted by Gasteiger charge is -2.33. The Morgan fingerprint density at radius 3 is 2.88 bits per heavy atom. The minimum atomic E-state index is -0.179. The van der Waals surface area contributed by atoms with Crippen LogP contribution < -0.4 is 10.5 Å². The Hall–Kier alpha value is -2.93. The first-order chi connectivity index (χ1) is 15.6. The molecule has 2 aromatic heterocycles. The first kappa shape index (κ1) is 20.9. The third-order valence-electron chi connectivity index (χ3n) is 6.70. The number of hydrogen-bond donors (Lipinski definition) is 1. The molecule has 1 atom stereocenters. The topological polar surface area (TPSA) is 57.2 Å². The van der Waals surface area contributed by atoms with Crippen LogP contribution in [-0.2, 0) is 26.1 Å². The van der Waals surface area contributed by atoms with Crippen molar-refractivity contribution in [1.29, 1.82) is 0 Å². The van der Waals surface area contributed by atoms with Crippen LogP contribution in [-0.4, -0.2) is 39.1 Å². The van der Waals surface area contributed by atoms with Crippen molar-refractivity contribution in [3.8, 4) is 0 Å². The minimum Gasteiger partial charge on any atom is -0.346 e. The highest BCUT2D eigenvalue weighted by Gasteiger charge is 2.25. The van der Waals surface area contributed by atoms with Crippen LogP contribution in [0.15, 0.2) is 47.4 Å². The number of hydrogen-bond acceptors (Lipinski definition) is 4. The molecule has 2 aliphatic heterocycles. The highest BCUT2D eigenvalue weighted by atomic mass is 19.1. The predicted molar refractivity (Wildman–Crippen MR) is 123 cm³/mol. The van der Waals surface area contributed by atoms with Crippen molar-refractivity contribution in [1.82, 2.24) is 19.4 Å². The molecule has 1 fully saturated rings. The second-order valence-electron chi connectivity index (χ2n) is 9.19. The zero-order chi connectivity index (χ0) is 22.1. The van der Waals surface area contributed by atoms with Gasteiger partial charge in [0.1, 0.15) is 5.82 Å². The van der Waals surface area contributed by atoms with E-state index in [0.717, 1.165) is 49.6 Å². The predicted octanol–water partition coefficient (Wildman–Crippen LogP) is 3.55. The van der Waals surface area contributed by atoms with Crippen LogP contribution in [0.3, 0.4) is 0 Å². The van der Waals surface area contributed by atoms with E-state index in [2.05, 4.69) is 32.3 Å². The molecule has 0 unspecified atom stereocenters. The van der Waals surface area contributed by atoms with Crippen LogP contribution >= 0.6 is 0 Å². The molecule has 4 heterocycles. The SMILES string of the molecule is C[C@@H]1CCCN(c2nc3c(c(=O)[nH]2)CCN(Cc2cccn2Cc2ccccc2F)C3)C1. The third kappa shape index (κ3) is 4.35. The molecular formula is C25H30FN5O. The quantitative estimate of drug-likeness (QED) is 0.666. The molecule has 0 amide bonds. The Morgan fingerprint density at radius 2 is 2.03 bits per heavy atom. The van der Waals surface area contributed by atoms with E-state index in [4.69, 9.17) is 4.98 Å². The normalized spacial score (nSPS) is 19.2. The summed E-state index contributed by atoms with van der Waals surface area (Å²) in [5.41, 5.74) is 3.53. The van der Waals surface area contributed by atoms with E-state index in [0.29, 0.717) is 36.9 Å². The van der Waals surface area contributed by atoms with Crippen LogP contribution in [0, 0.1) is 11.7 Å². The van der Waals surface area contributed by atoms with Gasteiger partial charge in [0.25, 0.3) is 5.56 Å². The second-order valence-corrected chi connectivity index (χ2v) is 9.19. The molecular weight excluding hydrogens is 405 g/mol. The first-order valence-corrected chi connectivity index (χ1v) is 11.5. The Balaban J connectivity index is 1.32. The van der Waals surface area contributed by atoms with Gasteiger partial charge in [-0.3, -0.25) is 14.7 Å². The Labute approximate surface area is 187 Å². The van der Waals surface area contributed by atoms with Gasteiger partial charge in [0.2, 0.25) is 5.95 Å². The number of benzene rings is 1. The molecule has 1 saturated heterocycles. The number of halogens is 1. The largest absolute Gasteiger partial charge is 0.346 e. The fourth-order valence-electron chi connectivity index (χ4n) is 4.93. The Kier molecular flexibility index (Phi) is 5.83. The molecule has 1 aromatic carbocycles. The van der Waals surface area contributed by atoms with Crippen molar-refractivity contribution in [2.45, 2.75) is 45.8 Å². The summed E-state index contributed by atoms with van der Waals surface area (Å²) in [4.78, 5) is 25.2. The number of rotatable bonds is 5. The van der Waals surface area contributed by atoms with Gasteiger partial charge >= 0.3 is 0 Å². The number of nitrogens with one attached hydrogen (secondary N) is 1. The summed E-state index contributed by atoms with van der Waals surface area (Å²) in [5, 5.41) is 0. The molecule has 1 N–H and O–H groups in total. The molecule has 6 nitrogen and oxygen atoms in total. The lowest BCUT2D eigenvalue weighted by atomic mass is 10.0. The van der Waals surface area contributed by atoms with E-state index < -0.39 is 0 Å². The number of anilines is 1. The Morgan fingerprint density at radius 1 is 1.16 bits per heavy atom. The molecule has 0 spiro atoms. The number of aromatic nitrogens is 3.